The summed E-state index contributed by atoms with van der Waals surface area (Å²) in [5, 5.41) is 4.07. The number of aromatic nitrogens is 2. The summed E-state index contributed by atoms with van der Waals surface area (Å²) < 4.78 is 10.6. The second-order valence-corrected chi connectivity index (χ2v) is 6.96. The molecule has 2 heterocycles. The molecule has 1 aliphatic heterocycles. The van der Waals surface area contributed by atoms with E-state index in [1.54, 1.807) is 7.11 Å². The van der Waals surface area contributed by atoms with Crippen molar-refractivity contribution >= 4 is 0 Å². The van der Waals surface area contributed by atoms with Gasteiger partial charge in [0.2, 0.25) is 5.89 Å². The van der Waals surface area contributed by atoms with Gasteiger partial charge >= 0.3 is 0 Å². The van der Waals surface area contributed by atoms with E-state index < -0.39 is 0 Å². The molecule has 2 aliphatic rings. The zero-order chi connectivity index (χ0) is 16.4. The number of rotatable bonds is 6. The Morgan fingerprint density at radius 2 is 2.17 bits per heavy atom. The van der Waals surface area contributed by atoms with Crippen LogP contribution in [0.2, 0.25) is 0 Å². The molecule has 5 heteroatoms. The van der Waals surface area contributed by atoms with Gasteiger partial charge in [-0.1, -0.05) is 48.3 Å². The average Bonchev–Trinajstić information content (AvgIpc) is 3.06. The summed E-state index contributed by atoms with van der Waals surface area (Å²) in [6.45, 7) is 2.49. The van der Waals surface area contributed by atoms with E-state index in [-0.39, 0.29) is 5.54 Å². The Morgan fingerprint density at radius 1 is 1.29 bits per heavy atom. The van der Waals surface area contributed by atoms with Crippen molar-refractivity contribution in [1.82, 2.24) is 15.0 Å². The molecule has 1 aromatic carbocycles. The van der Waals surface area contributed by atoms with Crippen LogP contribution in [0.5, 0.6) is 0 Å². The highest BCUT2D eigenvalue weighted by molar-refractivity contribution is 5.30. The first kappa shape index (κ1) is 15.8. The van der Waals surface area contributed by atoms with Crippen molar-refractivity contribution in [2.45, 2.75) is 44.2 Å². The molecule has 0 bridgehead atoms. The van der Waals surface area contributed by atoms with Gasteiger partial charge in [-0.15, -0.1) is 0 Å². The first-order valence-corrected chi connectivity index (χ1v) is 8.94. The number of methoxy groups -OCH3 is 1. The van der Waals surface area contributed by atoms with Crippen molar-refractivity contribution in [2.75, 3.05) is 20.3 Å². The molecule has 1 aliphatic carbocycles. The number of hydrogen-bond donors (Lipinski definition) is 0. The number of benzene rings is 1. The first-order valence-electron chi connectivity index (χ1n) is 8.94. The van der Waals surface area contributed by atoms with E-state index in [1.807, 2.05) is 0 Å². The second kappa shape index (κ2) is 6.65. The number of nitrogens with zero attached hydrogens (tertiary/aromatic N) is 3. The van der Waals surface area contributed by atoms with E-state index in [4.69, 9.17) is 9.26 Å². The lowest BCUT2D eigenvalue weighted by Crippen LogP contribution is -2.65. The summed E-state index contributed by atoms with van der Waals surface area (Å²) >= 11 is 0. The van der Waals surface area contributed by atoms with Gasteiger partial charge in [0.1, 0.15) is 0 Å². The van der Waals surface area contributed by atoms with Gasteiger partial charge < -0.3 is 9.26 Å². The molecule has 2 unspecified atom stereocenters. The van der Waals surface area contributed by atoms with Gasteiger partial charge in [-0.2, -0.15) is 4.98 Å². The second-order valence-electron chi connectivity index (χ2n) is 6.96. The van der Waals surface area contributed by atoms with Gasteiger partial charge in [0.15, 0.2) is 5.82 Å². The maximum atomic E-state index is 5.47. The van der Waals surface area contributed by atoms with Crippen LogP contribution in [0.3, 0.4) is 0 Å². The maximum absolute atomic E-state index is 5.47. The van der Waals surface area contributed by atoms with E-state index in [0.29, 0.717) is 13.0 Å². The molecule has 0 amide bonds. The summed E-state index contributed by atoms with van der Waals surface area (Å²) in [5.41, 5.74) is 1.61. The van der Waals surface area contributed by atoms with E-state index in [1.165, 1.54) is 31.2 Å². The van der Waals surface area contributed by atoms with Crippen LogP contribution in [0, 0.1) is 5.92 Å². The van der Waals surface area contributed by atoms with E-state index in [0.717, 1.165) is 30.7 Å². The summed E-state index contributed by atoms with van der Waals surface area (Å²) in [5.74, 6) is 2.21. The zero-order valence-corrected chi connectivity index (χ0v) is 14.3. The van der Waals surface area contributed by atoms with Crippen LogP contribution in [0.4, 0.5) is 0 Å². The molecule has 2 aromatic rings. The third-order valence-corrected chi connectivity index (χ3v) is 5.68. The van der Waals surface area contributed by atoms with Crippen LogP contribution < -0.4 is 0 Å². The lowest BCUT2D eigenvalue weighted by Gasteiger charge is -2.61. The number of ether oxygens (including phenoxy) is 1. The Hall–Kier alpha value is -1.72. The molecule has 128 valence electrons. The standard InChI is InChI=1S/C19H25N3O2/c1-23-12-10-17-20-18(24-21-17)14-22-13-16-9-5-6-11-19(16,22)15-7-3-2-4-8-15/h2-4,7-8,16H,5-6,9-14H2,1H3. The third kappa shape index (κ3) is 2.66. The lowest BCUT2D eigenvalue weighted by molar-refractivity contribution is -0.125. The maximum Gasteiger partial charge on any atom is 0.240 e. The summed E-state index contributed by atoms with van der Waals surface area (Å²) in [4.78, 5) is 7.07. The van der Waals surface area contributed by atoms with Crippen LogP contribution in [0.15, 0.2) is 34.9 Å². The normalized spacial score (nSPS) is 26.8. The molecule has 1 saturated heterocycles. The molecule has 5 nitrogen and oxygen atoms in total. The molecule has 2 atom stereocenters. The number of fused-ring (bicyclic) bond motifs is 1. The van der Waals surface area contributed by atoms with Crippen molar-refractivity contribution in [2.24, 2.45) is 5.92 Å². The summed E-state index contributed by atoms with van der Waals surface area (Å²) in [7, 11) is 1.69. The van der Waals surface area contributed by atoms with Crippen LogP contribution in [-0.4, -0.2) is 35.3 Å². The van der Waals surface area contributed by atoms with Crippen LogP contribution >= 0.6 is 0 Å². The Morgan fingerprint density at radius 3 is 2.96 bits per heavy atom. The molecule has 1 saturated carbocycles. The quantitative estimate of drug-likeness (QED) is 0.816. The van der Waals surface area contributed by atoms with Crippen molar-refractivity contribution < 1.29 is 9.26 Å². The first-order chi connectivity index (χ1) is 11.8. The zero-order valence-electron chi connectivity index (χ0n) is 14.3. The minimum Gasteiger partial charge on any atom is -0.384 e. The molecular weight excluding hydrogens is 302 g/mol. The largest absolute Gasteiger partial charge is 0.384 e. The molecule has 0 spiro atoms. The van der Waals surface area contributed by atoms with Gasteiger partial charge in [0.05, 0.1) is 18.7 Å². The summed E-state index contributed by atoms with van der Waals surface area (Å²) in [6.07, 6.45) is 5.91. The van der Waals surface area contributed by atoms with Gasteiger partial charge in [-0.3, -0.25) is 4.90 Å². The fourth-order valence-electron chi connectivity index (χ4n) is 4.51. The van der Waals surface area contributed by atoms with Crippen LogP contribution in [0.1, 0.15) is 43.0 Å². The monoisotopic (exact) mass is 327 g/mol. The smallest absolute Gasteiger partial charge is 0.240 e. The highest BCUT2D eigenvalue weighted by atomic mass is 16.5. The summed E-state index contributed by atoms with van der Waals surface area (Å²) in [6, 6.07) is 11.0. The highest BCUT2D eigenvalue weighted by Crippen LogP contribution is 2.54. The molecule has 2 fully saturated rings. The van der Waals surface area contributed by atoms with Gasteiger partial charge in [0.25, 0.3) is 0 Å². The minimum absolute atomic E-state index is 0.167. The highest BCUT2D eigenvalue weighted by Gasteiger charge is 2.55. The topological polar surface area (TPSA) is 51.4 Å². The Kier molecular flexibility index (Phi) is 4.37. The van der Waals surface area contributed by atoms with E-state index in [2.05, 4.69) is 45.4 Å². The fourth-order valence-corrected chi connectivity index (χ4v) is 4.51. The van der Waals surface area contributed by atoms with E-state index >= 15 is 0 Å². The van der Waals surface area contributed by atoms with E-state index in [9.17, 15) is 0 Å². The molecule has 0 N–H and O–H groups in total. The molecule has 1 aromatic heterocycles. The molecule has 24 heavy (non-hydrogen) atoms. The molecule has 4 rings (SSSR count). The minimum atomic E-state index is 0.167. The Bertz CT molecular complexity index is 672. The fraction of sp³-hybridized carbons (Fsp3) is 0.579. The Labute approximate surface area is 143 Å². The van der Waals surface area contributed by atoms with Crippen molar-refractivity contribution in [3.63, 3.8) is 0 Å². The van der Waals surface area contributed by atoms with Crippen LogP contribution in [0.25, 0.3) is 0 Å². The predicted molar refractivity (Wildman–Crippen MR) is 90.4 cm³/mol. The van der Waals surface area contributed by atoms with Crippen molar-refractivity contribution in [1.29, 1.82) is 0 Å². The van der Waals surface area contributed by atoms with Gasteiger partial charge in [-0.25, -0.2) is 0 Å². The van der Waals surface area contributed by atoms with Crippen LogP contribution in [-0.2, 0) is 23.2 Å². The average molecular weight is 327 g/mol. The number of hydrogen-bond acceptors (Lipinski definition) is 5. The molecular formula is C19H25N3O2. The third-order valence-electron chi connectivity index (χ3n) is 5.68. The van der Waals surface area contributed by atoms with Crippen molar-refractivity contribution in [3.05, 3.63) is 47.6 Å². The SMILES string of the molecule is COCCc1noc(CN2CC3CCCCC32c2ccccc2)n1. The van der Waals surface area contributed by atoms with Crippen molar-refractivity contribution in [3.8, 4) is 0 Å². The lowest BCUT2D eigenvalue weighted by atomic mass is 9.62. The van der Waals surface area contributed by atoms with Gasteiger partial charge in [0, 0.05) is 20.1 Å². The predicted octanol–water partition coefficient (Wildman–Crippen LogP) is 3.16. The Balaban J connectivity index is 1.53. The molecule has 0 radical (unpaired) electrons. The van der Waals surface area contributed by atoms with Gasteiger partial charge in [-0.05, 0) is 24.3 Å². The number of likely N-dealkylation sites (tertiary alicyclic amines) is 1.